The second kappa shape index (κ2) is 7.35. The maximum absolute atomic E-state index is 13.1. The van der Waals surface area contributed by atoms with E-state index in [0.29, 0.717) is 17.3 Å². The molecule has 0 atom stereocenters. The van der Waals surface area contributed by atoms with Gasteiger partial charge in [-0.25, -0.2) is 17.5 Å². The fourth-order valence-corrected chi connectivity index (χ4v) is 3.82. The Kier molecular flexibility index (Phi) is 5.15. The van der Waals surface area contributed by atoms with Crippen LogP contribution in [0.4, 0.5) is 4.39 Å². The molecule has 0 amide bonds. The van der Waals surface area contributed by atoms with Crippen LogP contribution in [-0.4, -0.2) is 25.2 Å². The van der Waals surface area contributed by atoms with Gasteiger partial charge in [0.2, 0.25) is 21.8 Å². The first-order chi connectivity index (χ1) is 12.4. The topological polar surface area (TPSA) is 85.1 Å². The van der Waals surface area contributed by atoms with Gasteiger partial charge in [0.15, 0.2) is 0 Å². The van der Waals surface area contributed by atoms with Crippen molar-refractivity contribution >= 4 is 10.0 Å². The molecule has 1 N–H and O–H groups in total. The number of hydrogen-bond donors (Lipinski definition) is 1. The number of aromatic nitrogens is 2. The van der Waals surface area contributed by atoms with Crippen LogP contribution in [0, 0.1) is 19.7 Å². The average Bonchev–Trinajstić information content (AvgIpc) is 3.03. The van der Waals surface area contributed by atoms with Crippen LogP contribution in [0.2, 0.25) is 0 Å². The molecule has 0 unspecified atom stereocenters. The number of rotatable bonds is 6. The number of hydrogen-bond acceptors (Lipinski definition) is 5. The highest BCUT2D eigenvalue weighted by atomic mass is 32.2. The Balaban J connectivity index is 1.66. The zero-order chi connectivity index (χ0) is 18.7. The summed E-state index contributed by atoms with van der Waals surface area (Å²) >= 11 is 0. The summed E-state index contributed by atoms with van der Waals surface area (Å²) in [6, 6.07) is 11.2. The SMILES string of the molecule is Cc1ccccc1-c1nnc(CCNS(=O)(=O)c2ccc(F)cc2C)o1. The van der Waals surface area contributed by atoms with E-state index in [4.69, 9.17) is 4.42 Å². The molecule has 8 heteroatoms. The van der Waals surface area contributed by atoms with Crippen molar-refractivity contribution in [3.8, 4) is 11.5 Å². The van der Waals surface area contributed by atoms with E-state index < -0.39 is 15.8 Å². The second-order valence-corrected chi connectivity index (χ2v) is 7.61. The summed E-state index contributed by atoms with van der Waals surface area (Å²) in [7, 11) is -3.74. The molecule has 0 saturated heterocycles. The lowest BCUT2D eigenvalue weighted by Gasteiger charge is -2.08. The number of nitrogens with zero attached hydrogens (tertiary/aromatic N) is 2. The Morgan fingerprint density at radius 1 is 1.08 bits per heavy atom. The minimum atomic E-state index is -3.74. The summed E-state index contributed by atoms with van der Waals surface area (Å²) in [5.41, 5.74) is 2.20. The molecular formula is C18H18FN3O3S. The number of benzene rings is 2. The van der Waals surface area contributed by atoms with Crippen molar-refractivity contribution in [2.24, 2.45) is 0 Å². The normalized spacial score (nSPS) is 11.7. The summed E-state index contributed by atoms with van der Waals surface area (Å²) in [5.74, 6) is 0.258. The summed E-state index contributed by atoms with van der Waals surface area (Å²) in [6.45, 7) is 3.58. The Labute approximate surface area is 151 Å². The molecule has 0 spiro atoms. The van der Waals surface area contributed by atoms with E-state index >= 15 is 0 Å². The second-order valence-electron chi connectivity index (χ2n) is 5.87. The first kappa shape index (κ1) is 18.2. The molecule has 3 rings (SSSR count). The molecule has 3 aromatic rings. The fraction of sp³-hybridized carbons (Fsp3) is 0.222. The molecule has 0 aliphatic heterocycles. The molecule has 0 bridgehead atoms. The summed E-state index contributed by atoms with van der Waals surface area (Å²) in [6.07, 6.45) is 0.248. The van der Waals surface area contributed by atoms with Crippen molar-refractivity contribution in [1.29, 1.82) is 0 Å². The lowest BCUT2D eigenvalue weighted by Crippen LogP contribution is -2.26. The van der Waals surface area contributed by atoms with Gasteiger partial charge in [0.25, 0.3) is 0 Å². The first-order valence-electron chi connectivity index (χ1n) is 8.01. The van der Waals surface area contributed by atoms with Gasteiger partial charge in [-0.15, -0.1) is 10.2 Å². The molecule has 26 heavy (non-hydrogen) atoms. The van der Waals surface area contributed by atoms with Gasteiger partial charge in [-0.1, -0.05) is 18.2 Å². The highest BCUT2D eigenvalue weighted by molar-refractivity contribution is 7.89. The largest absolute Gasteiger partial charge is 0.421 e. The van der Waals surface area contributed by atoms with Crippen molar-refractivity contribution in [3.05, 3.63) is 65.3 Å². The summed E-state index contributed by atoms with van der Waals surface area (Å²) < 4.78 is 45.9. The molecule has 1 heterocycles. The van der Waals surface area contributed by atoms with Crippen LogP contribution in [0.5, 0.6) is 0 Å². The van der Waals surface area contributed by atoms with E-state index in [1.807, 2.05) is 31.2 Å². The van der Waals surface area contributed by atoms with E-state index in [1.165, 1.54) is 12.1 Å². The van der Waals surface area contributed by atoms with Gasteiger partial charge in [-0.05, 0) is 49.2 Å². The molecule has 2 aromatic carbocycles. The highest BCUT2D eigenvalue weighted by Crippen LogP contribution is 2.21. The van der Waals surface area contributed by atoms with Crippen LogP contribution in [0.25, 0.3) is 11.5 Å². The molecule has 0 aliphatic rings. The summed E-state index contributed by atoms with van der Waals surface area (Å²) in [4.78, 5) is 0.0463. The minimum Gasteiger partial charge on any atom is -0.421 e. The molecule has 136 valence electrons. The van der Waals surface area contributed by atoms with Gasteiger partial charge in [0.1, 0.15) is 5.82 Å². The molecule has 0 fully saturated rings. The molecule has 0 radical (unpaired) electrons. The van der Waals surface area contributed by atoms with Gasteiger partial charge >= 0.3 is 0 Å². The maximum Gasteiger partial charge on any atom is 0.247 e. The molecule has 6 nitrogen and oxygen atoms in total. The molecular weight excluding hydrogens is 357 g/mol. The van der Waals surface area contributed by atoms with Gasteiger partial charge in [-0.3, -0.25) is 0 Å². The molecule has 0 aliphatic carbocycles. The van der Waals surface area contributed by atoms with E-state index in [9.17, 15) is 12.8 Å². The Morgan fingerprint density at radius 3 is 2.58 bits per heavy atom. The quantitative estimate of drug-likeness (QED) is 0.716. The van der Waals surface area contributed by atoms with Crippen molar-refractivity contribution < 1.29 is 17.2 Å². The van der Waals surface area contributed by atoms with Gasteiger partial charge < -0.3 is 4.42 Å². The van der Waals surface area contributed by atoms with E-state index in [-0.39, 0.29) is 17.9 Å². The Hall–Kier alpha value is -2.58. The lowest BCUT2D eigenvalue weighted by molar-refractivity contribution is 0.501. The average molecular weight is 375 g/mol. The molecule has 0 saturated carbocycles. The van der Waals surface area contributed by atoms with E-state index in [0.717, 1.165) is 17.2 Å². The number of halogens is 1. The monoisotopic (exact) mass is 375 g/mol. The number of nitrogens with one attached hydrogen (secondary N) is 1. The van der Waals surface area contributed by atoms with Crippen molar-refractivity contribution in [3.63, 3.8) is 0 Å². The fourth-order valence-electron chi connectivity index (χ4n) is 2.56. The van der Waals surface area contributed by atoms with Crippen LogP contribution in [0.3, 0.4) is 0 Å². The van der Waals surface area contributed by atoms with Crippen LogP contribution < -0.4 is 4.72 Å². The minimum absolute atomic E-state index is 0.0463. The smallest absolute Gasteiger partial charge is 0.247 e. The third-order valence-corrected chi connectivity index (χ3v) is 5.52. The van der Waals surface area contributed by atoms with Crippen LogP contribution in [0.1, 0.15) is 17.0 Å². The van der Waals surface area contributed by atoms with E-state index in [2.05, 4.69) is 14.9 Å². The van der Waals surface area contributed by atoms with Crippen LogP contribution in [0.15, 0.2) is 51.8 Å². The predicted octanol–water partition coefficient (Wildman–Crippen LogP) is 3.01. The molecule has 1 aromatic heterocycles. The highest BCUT2D eigenvalue weighted by Gasteiger charge is 2.17. The summed E-state index contributed by atoms with van der Waals surface area (Å²) in [5, 5.41) is 7.96. The zero-order valence-electron chi connectivity index (χ0n) is 14.4. The number of sulfonamides is 1. The van der Waals surface area contributed by atoms with Crippen LogP contribution >= 0.6 is 0 Å². The van der Waals surface area contributed by atoms with Crippen molar-refractivity contribution in [1.82, 2.24) is 14.9 Å². The Bertz CT molecular complexity index is 1030. The third kappa shape index (κ3) is 3.97. The van der Waals surface area contributed by atoms with Crippen molar-refractivity contribution in [2.75, 3.05) is 6.54 Å². The van der Waals surface area contributed by atoms with Gasteiger partial charge in [0, 0.05) is 18.5 Å². The number of aryl methyl sites for hydroxylation is 2. The lowest BCUT2D eigenvalue weighted by atomic mass is 10.1. The van der Waals surface area contributed by atoms with Crippen LogP contribution in [-0.2, 0) is 16.4 Å². The van der Waals surface area contributed by atoms with Gasteiger partial charge in [0.05, 0.1) is 4.90 Å². The van der Waals surface area contributed by atoms with E-state index in [1.54, 1.807) is 6.92 Å². The third-order valence-electron chi connectivity index (χ3n) is 3.90. The standard InChI is InChI=1S/C18H18FN3O3S/c1-12-5-3-4-6-15(12)18-22-21-17(25-18)9-10-20-26(23,24)16-8-7-14(19)11-13(16)2/h3-8,11,20H,9-10H2,1-2H3. The Morgan fingerprint density at radius 2 is 1.85 bits per heavy atom. The maximum atomic E-state index is 13.1. The zero-order valence-corrected chi connectivity index (χ0v) is 15.2. The first-order valence-corrected chi connectivity index (χ1v) is 9.49. The van der Waals surface area contributed by atoms with Gasteiger partial charge in [-0.2, -0.15) is 0 Å². The predicted molar refractivity (Wildman–Crippen MR) is 94.5 cm³/mol. The van der Waals surface area contributed by atoms with Crippen molar-refractivity contribution in [2.45, 2.75) is 25.2 Å².